The summed E-state index contributed by atoms with van der Waals surface area (Å²) in [5.41, 5.74) is 2.04. The third-order valence-corrected chi connectivity index (χ3v) is 3.68. The van der Waals surface area contributed by atoms with Gasteiger partial charge in [0, 0.05) is 11.8 Å². The maximum Gasteiger partial charge on any atom is 0.240 e. The van der Waals surface area contributed by atoms with Crippen molar-refractivity contribution in [1.82, 2.24) is 14.9 Å². The monoisotopic (exact) mass is 269 g/mol. The van der Waals surface area contributed by atoms with Crippen molar-refractivity contribution in [3.63, 3.8) is 0 Å². The van der Waals surface area contributed by atoms with Gasteiger partial charge in [-0.25, -0.2) is 4.98 Å². The smallest absolute Gasteiger partial charge is 0.240 e. The van der Waals surface area contributed by atoms with Crippen molar-refractivity contribution in [3.05, 3.63) is 42.4 Å². The highest BCUT2D eigenvalue weighted by Gasteiger charge is 2.26. The SMILES string of the molecule is CCCCC1NC(=O)Cn2cc(-c3ccccc3)nc21. The fourth-order valence-corrected chi connectivity index (χ4v) is 2.65. The molecular weight excluding hydrogens is 250 g/mol. The Kier molecular flexibility index (Phi) is 3.54. The zero-order chi connectivity index (χ0) is 13.9. The number of carbonyl (C=O) groups excluding carboxylic acids is 1. The zero-order valence-electron chi connectivity index (χ0n) is 11.7. The number of unbranched alkanes of at least 4 members (excludes halogenated alkanes) is 1. The number of nitrogens with zero attached hydrogens (tertiary/aromatic N) is 2. The van der Waals surface area contributed by atoms with Crippen LogP contribution in [0.5, 0.6) is 0 Å². The van der Waals surface area contributed by atoms with E-state index in [0.29, 0.717) is 6.54 Å². The van der Waals surface area contributed by atoms with Crippen LogP contribution < -0.4 is 5.32 Å². The Hall–Kier alpha value is -2.10. The molecule has 1 aromatic heterocycles. The lowest BCUT2D eigenvalue weighted by molar-refractivity contribution is -0.123. The van der Waals surface area contributed by atoms with Gasteiger partial charge < -0.3 is 9.88 Å². The first-order chi connectivity index (χ1) is 9.78. The fraction of sp³-hybridized carbons (Fsp3) is 0.375. The molecule has 0 saturated heterocycles. The molecule has 0 fully saturated rings. The van der Waals surface area contributed by atoms with Gasteiger partial charge in [0.1, 0.15) is 12.4 Å². The molecule has 1 amide bonds. The molecule has 4 nitrogen and oxygen atoms in total. The first-order valence-electron chi connectivity index (χ1n) is 7.19. The van der Waals surface area contributed by atoms with Crippen LogP contribution in [0, 0.1) is 0 Å². The Labute approximate surface area is 118 Å². The number of benzene rings is 1. The normalized spacial score (nSPS) is 17.6. The molecule has 0 radical (unpaired) electrons. The van der Waals surface area contributed by atoms with E-state index in [1.807, 2.05) is 41.1 Å². The number of amides is 1. The van der Waals surface area contributed by atoms with Gasteiger partial charge in [-0.1, -0.05) is 50.1 Å². The summed E-state index contributed by atoms with van der Waals surface area (Å²) in [4.78, 5) is 16.5. The van der Waals surface area contributed by atoms with Crippen molar-refractivity contribution in [2.45, 2.75) is 38.8 Å². The van der Waals surface area contributed by atoms with E-state index in [1.165, 1.54) is 0 Å². The Balaban J connectivity index is 1.93. The number of carbonyl (C=O) groups is 1. The number of imidazole rings is 1. The molecule has 2 aromatic rings. The summed E-state index contributed by atoms with van der Waals surface area (Å²) >= 11 is 0. The lowest BCUT2D eigenvalue weighted by atomic mass is 10.1. The minimum Gasteiger partial charge on any atom is -0.345 e. The molecule has 1 unspecified atom stereocenters. The Morgan fingerprint density at radius 1 is 1.35 bits per heavy atom. The van der Waals surface area contributed by atoms with Gasteiger partial charge in [-0.2, -0.15) is 0 Å². The molecule has 104 valence electrons. The quantitative estimate of drug-likeness (QED) is 0.927. The van der Waals surface area contributed by atoms with E-state index in [4.69, 9.17) is 4.98 Å². The van der Waals surface area contributed by atoms with Crippen molar-refractivity contribution in [2.24, 2.45) is 0 Å². The van der Waals surface area contributed by atoms with Crippen LogP contribution in [0.2, 0.25) is 0 Å². The first kappa shape index (κ1) is 12.9. The van der Waals surface area contributed by atoms with Crippen LogP contribution in [0.3, 0.4) is 0 Å². The zero-order valence-corrected chi connectivity index (χ0v) is 11.7. The minimum atomic E-state index is 0.0497. The van der Waals surface area contributed by atoms with Crippen molar-refractivity contribution >= 4 is 5.91 Å². The molecule has 0 bridgehead atoms. The Bertz CT molecular complexity index is 603. The van der Waals surface area contributed by atoms with Crippen LogP contribution in [0.4, 0.5) is 0 Å². The summed E-state index contributed by atoms with van der Waals surface area (Å²) in [6, 6.07) is 10.1. The van der Waals surface area contributed by atoms with Gasteiger partial charge in [-0.3, -0.25) is 4.79 Å². The van der Waals surface area contributed by atoms with E-state index in [0.717, 1.165) is 36.3 Å². The van der Waals surface area contributed by atoms with E-state index in [9.17, 15) is 4.79 Å². The van der Waals surface area contributed by atoms with Crippen molar-refractivity contribution in [1.29, 1.82) is 0 Å². The summed E-state index contributed by atoms with van der Waals surface area (Å²) in [5, 5.41) is 3.05. The first-order valence-corrected chi connectivity index (χ1v) is 7.19. The predicted molar refractivity (Wildman–Crippen MR) is 78.1 cm³/mol. The number of rotatable bonds is 4. The van der Waals surface area contributed by atoms with Crippen LogP contribution >= 0.6 is 0 Å². The third kappa shape index (κ3) is 2.46. The van der Waals surface area contributed by atoms with Gasteiger partial charge in [0.25, 0.3) is 0 Å². The van der Waals surface area contributed by atoms with Crippen molar-refractivity contribution < 1.29 is 4.79 Å². The largest absolute Gasteiger partial charge is 0.345 e. The maximum atomic E-state index is 11.8. The third-order valence-electron chi connectivity index (χ3n) is 3.68. The molecule has 1 aromatic carbocycles. The molecule has 1 aliphatic heterocycles. The molecule has 1 aliphatic rings. The van der Waals surface area contributed by atoms with Crippen molar-refractivity contribution in [2.75, 3.05) is 0 Å². The van der Waals surface area contributed by atoms with Gasteiger partial charge >= 0.3 is 0 Å². The number of aromatic nitrogens is 2. The highest BCUT2D eigenvalue weighted by Crippen LogP contribution is 2.26. The van der Waals surface area contributed by atoms with E-state index < -0.39 is 0 Å². The molecule has 4 heteroatoms. The van der Waals surface area contributed by atoms with Crippen LogP contribution in [-0.2, 0) is 11.3 Å². The maximum absolute atomic E-state index is 11.8. The van der Waals surface area contributed by atoms with Crippen molar-refractivity contribution in [3.8, 4) is 11.3 Å². The Morgan fingerprint density at radius 2 is 2.15 bits per heavy atom. The minimum absolute atomic E-state index is 0.0497. The summed E-state index contributed by atoms with van der Waals surface area (Å²) in [5.74, 6) is 1.06. The highest BCUT2D eigenvalue weighted by molar-refractivity contribution is 5.77. The van der Waals surface area contributed by atoms with Gasteiger partial charge in [-0.15, -0.1) is 0 Å². The summed E-state index contributed by atoms with van der Waals surface area (Å²) in [6.07, 6.45) is 5.16. The topological polar surface area (TPSA) is 46.9 Å². The average Bonchev–Trinajstić information content (AvgIpc) is 2.89. The molecule has 1 atom stereocenters. The van der Waals surface area contributed by atoms with Crippen LogP contribution in [0.1, 0.15) is 38.1 Å². The lowest BCUT2D eigenvalue weighted by Gasteiger charge is -2.24. The highest BCUT2D eigenvalue weighted by atomic mass is 16.2. The van der Waals surface area contributed by atoms with E-state index in [2.05, 4.69) is 12.2 Å². The number of nitrogens with one attached hydrogen (secondary N) is 1. The second kappa shape index (κ2) is 5.49. The molecule has 3 rings (SSSR count). The van der Waals surface area contributed by atoms with Gasteiger partial charge in [0.2, 0.25) is 5.91 Å². The molecule has 20 heavy (non-hydrogen) atoms. The van der Waals surface area contributed by atoms with Crippen LogP contribution in [-0.4, -0.2) is 15.5 Å². The second-order valence-corrected chi connectivity index (χ2v) is 5.24. The van der Waals surface area contributed by atoms with Gasteiger partial charge in [0.15, 0.2) is 0 Å². The van der Waals surface area contributed by atoms with E-state index >= 15 is 0 Å². The predicted octanol–water partition coefficient (Wildman–Crippen LogP) is 2.91. The summed E-state index contributed by atoms with van der Waals surface area (Å²) < 4.78 is 1.99. The molecule has 0 saturated carbocycles. The van der Waals surface area contributed by atoms with Gasteiger partial charge in [-0.05, 0) is 6.42 Å². The molecule has 0 aliphatic carbocycles. The van der Waals surface area contributed by atoms with E-state index in [1.54, 1.807) is 0 Å². The van der Waals surface area contributed by atoms with Gasteiger partial charge in [0.05, 0.1) is 11.7 Å². The molecule has 2 heterocycles. The molecule has 1 N–H and O–H groups in total. The van der Waals surface area contributed by atoms with Crippen LogP contribution in [0.15, 0.2) is 36.5 Å². The number of hydrogen-bond donors (Lipinski definition) is 1. The Morgan fingerprint density at radius 3 is 2.90 bits per heavy atom. The standard InChI is InChI=1S/C16H19N3O/c1-2-3-9-13-16-18-14(12-7-5-4-6-8-12)10-19(16)11-15(20)17-13/h4-8,10,13H,2-3,9,11H2,1H3,(H,17,20). The summed E-state index contributed by atoms with van der Waals surface area (Å²) in [7, 11) is 0. The second-order valence-electron chi connectivity index (χ2n) is 5.24. The lowest BCUT2D eigenvalue weighted by Crippen LogP contribution is -2.38. The molecule has 0 spiro atoms. The van der Waals surface area contributed by atoms with E-state index in [-0.39, 0.29) is 11.9 Å². The number of hydrogen-bond acceptors (Lipinski definition) is 2. The average molecular weight is 269 g/mol. The van der Waals surface area contributed by atoms with Crippen LogP contribution in [0.25, 0.3) is 11.3 Å². The number of fused-ring (bicyclic) bond motifs is 1. The summed E-state index contributed by atoms with van der Waals surface area (Å²) in [6.45, 7) is 2.53. The fourth-order valence-electron chi connectivity index (χ4n) is 2.65. The molecular formula is C16H19N3O.